The van der Waals surface area contributed by atoms with Crippen LogP contribution in [0.15, 0.2) is 30.3 Å². The number of benzene rings is 2. The number of anilines is 1. The lowest BCUT2D eigenvalue weighted by molar-refractivity contribution is -0.121. The van der Waals surface area contributed by atoms with Crippen molar-refractivity contribution >= 4 is 34.5 Å². The van der Waals surface area contributed by atoms with E-state index in [4.69, 9.17) is 4.74 Å². The molecule has 1 aliphatic rings. The zero-order valence-corrected chi connectivity index (χ0v) is 17.3. The Kier molecular flexibility index (Phi) is 5.37. The minimum Gasteiger partial charge on any atom is -0.478 e. The molecule has 1 fully saturated rings. The Morgan fingerprint density at radius 1 is 1.12 bits per heavy atom. The first-order valence-electron chi connectivity index (χ1n) is 9.92. The third-order valence-corrected chi connectivity index (χ3v) is 4.98. The summed E-state index contributed by atoms with van der Waals surface area (Å²) in [6.45, 7) is 4.27. The van der Waals surface area contributed by atoms with Crippen molar-refractivity contribution in [2.75, 3.05) is 4.90 Å². The molecular formula is C22H19F2N3O5. The third-order valence-electron chi connectivity index (χ3n) is 4.98. The first-order valence-corrected chi connectivity index (χ1v) is 9.92. The minimum absolute atomic E-state index is 0.0503. The van der Waals surface area contributed by atoms with Crippen molar-refractivity contribution in [1.29, 1.82) is 0 Å². The molecule has 32 heavy (non-hydrogen) atoms. The normalized spacial score (nSPS) is 14.1. The highest BCUT2D eigenvalue weighted by Crippen LogP contribution is 2.37. The van der Waals surface area contributed by atoms with Crippen molar-refractivity contribution in [2.45, 2.75) is 33.2 Å². The molecule has 2 aromatic carbocycles. The van der Waals surface area contributed by atoms with Gasteiger partial charge in [0, 0.05) is 30.8 Å². The summed E-state index contributed by atoms with van der Waals surface area (Å²) in [5, 5.41) is 14.4. The van der Waals surface area contributed by atoms with E-state index in [2.05, 4.69) is 5.10 Å². The Bertz CT molecular complexity index is 1250. The van der Waals surface area contributed by atoms with Gasteiger partial charge in [0.2, 0.25) is 11.8 Å². The second kappa shape index (κ2) is 8.03. The highest BCUT2D eigenvalue weighted by Gasteiger charge is 2.34. The van der Waals surface area contributed by atoms with E-state index in [9.17, 15) is 28.3 Å². The van der Waals surface area contributed by atoms with Gasteiger partial charge in [0.25, 0.3) is 0 Å². The van der Waals surface area contributed by atoms with E-state index in [1.165, 1.54) is 16.8 Å². The number of aromatic nitrogens is 2. The molecule has 0 atom stereocenters. The van der Waals surface area contributed by atoms with Gasteiger partial charge in [0.1, 0.15) is 17.1 Å². The van der Waals surface area contributed by atoms with Crippen LogP contribution in [0.25, 0.3) is 10.9 Å². The second-order valence-corrected chi connectivity index (χ2v) is 7.87. The zero-order valence-electron chi connectivity index (χ0n) is 17.3. The van der Waals surface area contributed by atoms with Gasteiger partial charge in [-0.05, 0) is 30.2 Å². The molecule has 0 saturated carbocycles. The number of nitrogens with zero attached hydrogens (tertiary/aromatic N) is 3. The summed E-state index contributed by atoms with van der Waals surface area (Å²) in [6.07, 6.45) is 0.101. The lowest BCUT2D eigenvalue weighted by Gasteiger charge is -2.13. The number of hydrogen-bond acceptors (Lipinski definition) is 5. The van der Waals surface area contributed by atoms with E-state index in [0.29, 0.717) is 23.5 Å². The molecule has 0 unspecified atom stereocenters. The topological polar surface area (TPSA) is 102 Å². The smallest absolute Gasteiger partial charge is 0.339 e. The van der Waals surface area contributed by atoms with Crippen LogP contribution in [0.5, 0.6) is 11.5 Å². The molecular weight excluding hydrogens is 424 g/mol. The summed E-state index contributed by atoms with van der Waals surface area (Å²) in [7, 11) is 0. The predicted octanol–water partition coefficient (Wildman–Crippen LogP) is 4.11. The third kappa shape index (κ3) is 3.79. The Morgan fingerprint density at radius 3 is 2.41 bits per heavy atom. The molecule has 8 nitrogen and oxygen atoms in total. The number of ether oxygens (including phenoxy) is 1. The van der Waals surface area contributed by atoms with Gasteiger partial charge in [0.15, 0.2) is 17.4 Å². The Hall–Kier alpha value is -3.82. The van der Waals surface area contributed by atoms with Gasteiger partial charge >= 0.3 is 5.97 Å². The quantitative estimate of drug-likeness (QED) is 0.575. The first-order chi connectivity index (χ1) is 15.2. The van der Waals surface area contributed by atoms with E-state index >= 15 is 0 Å². The molecule has 1 saturated heterocycles. The van der Waals surface area contributed by atoms with Gasteiger partial charge in [-0.25, -0.2) is 18.5 Å². The number of carbonyl (C=O) groups is 3. The van der Waals surface area contributed by atoms with Crippen LogP contribution in [0.4, 0.5) is 14.6 Å². The van der Waals surface area contributed by atoms with Crippen molar-refractivity contribution in [3.63, 3.8) is 0 Å². The number of aromatic carboxylic acids is 1. The van der Waals surface area contributed by atoms with Gasteiger partial charge in [-0.2, -0.15) is 5.10 Å². The van der Waals surface area contributed by atoms with Crippen LogP contribution in [0, 0.1) is 17.6 Å². The van der Waals surface area contributed by atoms with Crippen LogP contribution >= 0.6 is 0 Å². The maximum Gasteiger partial charge on any atom is 0.339 e. The number of fused-ring (bicyclic) bond motifs is 1. The Labute approximate surface area is 181 Å². The van der Waals surface area contributed by atoms with Crippen LogP contribution < -0.4 is 9.64 Å². The summed E-state index contributed by atoms with van der Waals surface area (Å²) >= 11 is 0. The highest BCUT2D eigenvalue weighted by molar-refractivity contribution is 6.22. The van der Waals surface area contributed by atoms with Crippen LogP contribution in [0.1, 0.15) is 37.0 Å². The Balaban J connectivity index is 1.93. The van der Waals surface area contributed by atoms with E-state index in [1.807, 2.05) is 13.8 Å². The summed E-state index contributed by atoms with van der Waals surface area (Å²) < 4.78 is 34.4. The monoisotopic (exact) mass is 443 g/mol. The number of rotatable bonds is 6. The summed E-state index contributed by atoms with van der Waals surface area (Å²) in [5.74, 6) is -4.41. The Morgan fingerprint density at radius 2 is 1.81 bits per heavy atom. The van der Waals surface area contributed by atoms with Crippen molar-refractivity contribution in [3.8, 4) is 11.5 Å². The van der Waals surface area contributed by atoms with E-state index in [0.717, 1.165) is 17.0 Å². The van der Waals surface area contributed by atoms with Crippen molar-refractivity contribution in [1.82, 2.24) is 9.78 Å². The van der Waals surface area contributed by atoms with Gasteiger partial charge < -0.3 is 9.84 Å². The van der Waals surface area contributed by atoms with Gasteiger partial charge in [-0.15, -0.1) is 0 Å². The molecule has 2 amide bonds. The van der Waals surface area contributed by atoms with Crippen LogP contribution in [0.3, 0.4) is 0 Å². The molecule has 10 heteroatoms. The molecule has 0 radical (unpaired) electrons. The fourth-order valence-corrected chi connectivity index (χ4v) is 3.57. The van der Waals surface area contributed by atoms with E-state index in [-0.39, 0.29) is 41.6 Å². The summed E-state index contributed by atoms with van der Waals surface area (Å²) in [5.41, 5.74) is 0.0993. The molecule has 0 bridgehead atoms. The fraction of sp³-hybridized carbons (Fsp3) is 0.273. The summed E-state index contributed by atoms with van der Waals surface area (Å²) in [4.78, 5) is 37.6. The molecule has 1 aromatic heterocycles. The second-order valence-electron chi connectivity index (χ2n) is 7.87. The van der Waals surface area contributed by atoms with Crippen LogP contribution in [-0.4, -0.2) is 32.7 Å². The molecule has 4 rings (SSSR count). The van der Waals surface area contributed by atoms with Crippen molar-refractivity contribution in [2.24, 2.45) is 5.92 Å². The average molecular weight is 443 g/mol. The van der Waals surface area contributed by atoms with E-state index < -0.39 is 29.4 Å². The number of hydrogen-bond donors (Lipinski definition) is 1. The molecule has 1 N–H and O–H groups in total. The average Bonchev–Trinajstić information content (AvgIpc) is 3.21. The molecule has 3 aromatic rings. The number of carbonyl (C=O) groups excluding carboxylic acids is 2. The lowest BCUT2D eigenvalue weighted by atomic mass is 10.1. The first kappa shape index (κ1) is 21.4. The number of amides is 2. The predicted molar refractivity (Wildman–Crippen MR) is 110 cm³/mol. The fourth-order valence-electron chi connectivity index (χ4n) is 3.57. The lowest BCUT2D eigenvalue weighted by Crippen LogP contribution is -2.29. The maximum absolute atomic E-state index is 14.1. The van der Waals surface area contributed by atoms with Crippen LogP contribution in [0.2, 0.25) is 0 Å². The molecule has 0 aliphatic carbocycles. The van der Waals surface area contributed by atoms with Crippen LogP contribution in [-0.2, 0) is 16.1 Å². The van der Waals surface area contributed by atoms with Gasteiger partial charge in [-0.3, -0.25) is 14.3 Å². The van der Waals surface area contributed by atoms with Gasteiger partial charge in [-0.1, -0.05) is 13.8 Å². The standard InChI is InChI=1S/C22H19F2N3O5/c1-11(2)10-26-16-8-14(22(30)31)18(32-17-4-3-12(23)7-15(17)24)9-13(16)21(25-26)27-19(28)5-6-20(27)29/h3-4,7-9,11H,5-6,10H2,1-2H3,(H,30,31). The number of carboxylic acid groups (broad SMARTS) is 1. The largest absolute Gasteiger partial charge is 0.478 e. The number of halogens is 2. The van der Waals surface area contributed by atoms with E-state index in [1.54, 1.807) is 0 Å². The maximum atomic E-state index is 14.1. The molecule has 2 heterocycles. The summed E-state index contributed by atoms with van der Waals surface area (Å²) in [6, 6.07) is 5.24. The molecule has 166 valence electrons. The SMILES string of the molecule is CC(C)Cn1nc(N2C(=O)CCC2=O)c2cc(Oc3ccc(F)cc3F)c(C(=O)O)cc21. The molecule has 0 spiro atoms. The highest BCUT2D eigenvalue weighted by atomic mass is 19.1. The number of carboxylic acids is 1. The number of imide groups is 1. The zero-order chi connectivity index (χ0) is 23.2. The van der Waals surface area contributed by atoms with Gasteiger partial charge in [0.05, 0.1) is 5.52 Å². The molecule has 1 aliphatic heterocycles. The van der Waals surface area contributed by atoms with Crippen molar-refractivity contribution < 1.29 is 33.0 Å². The van der Waals surface area contributed by atoms with Crippen molar-refractivity contribution in [3.05, 3.63) is 47.5 Å². The minimum atomic E-state index is -1.34.